The molecule has 0 saturated carbocycles. The van der Waals surface area contributed by atoms with Gasteiger partial charge in [-0.1, -0.05) is 0 Å². The topological polar surface area (TPSA) is 110 Å². The third kappa shape index (κ3) is 2.99. The molecule has 2 aromatic carbocycles. The van der Waals surface area contributed by atoms with E-state index in [1.54, 1.807) is 16.7 Å². The SMILES string of the molecule is Cc1c2cc[n+]([C@@H]3OC[C@@H](O)[C@@H](O)[C@H]3O)cc2c(C)c2c1[nH]c1ccc(O)cc12.[Br-]. The van der Waals surface area contributed by atoms with Gasteiger partial charge in [0.2, 0.25) is 0 Å². The Morgan fingerprint density at radius 2 is 1.77 bits per heavy atom. The number of fused-ring (bicyclic) bond motifs is 4. The number of H-pyrrole nitrogens is 1. The van der Waals surface area contributed by atoms with E-state index < -0.39 is 24.5 Å². The standard InChI is InChI=1S/C22H22N2O5.BrH/c1-10-15-8-24(22-21(28)20(27)17(26)9-29-22)6-5-13(15)11(2)19-18(10)14-7-12(25)3-4-16(14)23-19;/h3-8,17,20-22,25-28H,9H2,1-2H3;1H/t17-,20-,21-,22-;/m1./s1. The first kappa shape index (κ1) is 21.0. The number of phenolic OH excluding ortho intramolecular Hbond substituents is 1. The van der Waals surface area contributed by atoms with Gasteiger partial charge in [0.05, 0.1) is 12.1 Å². The number of hydrogen-bond donors (Lipinski definition) is 5. The zero-order valence-corrected chi connectivity index (χ0v) is 18.1. The van der Waals surface area contributed by atoms with Crippen LogP contribution in [0.15, 0.2) is 36.7 Å². The normalized spacial score (nSPS) is 24.4. The smallest absolute Gasteiger partial charge is 0.291 e. The van der Waals surface area contributed by atoms with Crippen molar-refractivity contribution in [2.45, 2.75) is 38.4 Å². The summed E-state index contributed by atoms with van der Waals surface area (Å²) in [5.74, 6) is 0.213. The third-order valence-corrected chi connectivity index (χ3v) is 6.09. The summed E-state index contributed by atoms with van der Waals surface area (Å²) in [6, 6.07) is 7.26. The van der Waals surface area contributed by atoms with Gasteiger partial charge in [-0.2, -0.15) is 4.57 Å². The molecule has 1 aliphatic heterocycles. The average Bonchev–Trinajstić information content (AvgIpc) is 3.09. The number of aromatic hydroxyl groups is 1. The number of aliphatic hydroxyl groups is 3. The van der Waals surface area contributed by atoms with Crippen LogP contribution in [0, 0.1) is 13.8 Å². The molecule has 3 heterocycles. The van der Waals surface area contributed by atoms with Crippen molar-refractivity contribution in [1.82, 2.24) is 4.98 Å². The van der Waals surface area contributed by atoms with E-state index in [2.05, 4.69) is 11.9 Å². The van der Waals surface area contributed by atoms with Crippen LogP contribution < -0.4 is 21.5 Å². The number of aryl methyl sites for hydroxylation is 2. The molecular weight excluding hydrogens is 452 g/mol. The predicted molar refractivity (Wildman–Crippen MR) is 108 cm³/mol. The molecule has 0 aliphatic carbocycles. The van der Waals surface area contributed by atoms with Crippen molar-refractivity contribution in [2.75, 3.05) is 6.61 Å². The molecule has 0 amide bonds. The molecule has 1 fully saturated rings. The largest absolute Gasteiger partial charge is 1.00 e. The minimum absolute atomic E-state index is 0. The first-order chi connectivity index (χ1) is 13.9. The van der Waals surface area contributed by atoms with Crippen molar-refractivity contribution >= 4 is 32.6 Å². The monoisotopic (exact) mass is 474 g/mol. The molecule has 8 heteroatoms. The van der Waals surface area contributed by atoms with Crippen molar-refractivity contribution in [3.05, 3.63) is 47.8 Å². The van der Waals surface area contributed by atoms with Crippen LogP contribution in [0.1, 0.15) is 17.4 Å². The fraction of sp³-hybridized carbons (Fsp3) is 0.318. The summed E-state index contributed by atoms with van der Waals surface area (Å²) in [5, 5.41) is 44.1. The summed E-state index contributed by atoms with van der Waals surface area (Å²) < 4.78 is 7.33. The lowest BCUT2D eigenvalue weighted by Gasteiger charge is -2.31. The van der Waals surface area contributed by atoms with E-state index >= 15 is 0 Å². The summed E-state index contributed by atoms with van der Waals surface area (Å²) in [5.41, 5.74) is 4.11. The van der Waals surface area contributed by atoms with Gasteiger partial charge in [0.1, 0.15) is 18.0 Å². The highest BCUT2D eigenvalue weighted by atomic mass is 79.9. The van der Waals surface area contributed by atoms with Gasteiger partial charge in [-0.15, -0.1) is 0 Å². The predicted octanol–water partition coefficient (Wildman–Crippen LogP) is -1.30. The van der Waals surface area contributed by atoms with Gasteiger partial charge < -0.3 is 47.1 Å². The fourth-order valence-corrected chi connectivity index (χ4v) is 4.47. The Morgan fingerprint density at radius 1 is 1.00 bits per heavy atom. The number of aromatic nitrogens is 2. The summed E-state index contributed by atoms with van der Waals surface area (Å²) >= 11 is 0. The number of nitrogens with zero attached hydrogens (tertiary/aromatic N) is 1. The van der Waals surface area contributed by atoms with Gasteiger partial charge >= 0.3 is 0 Å². The number of rotatable bonds is 1. The zero-order chi connectivity index (χ0) is 20.4. The Bertz CT molecular complexity index is 1270. The molecular formula is C22H23BrN2O5. The quantitative estimate of drug-likeness (QED) is 0.220. The maximum absolute atomic E-state index is 10.4. The Labute approximate surface area is 182 Å². The molecule has 158 valence electrons. The molecule has 1 aliphatic rings. The highest BCUT2D eigenvalue weighted by Gasteiger charge is 2.43. The molecule has 0 unspecified atom stereocenters. The second-order valence-corrected chi connectivity index (χ2v) is 7.85. The van der Waals surface area contributed by atoms with E-state index in [0.29, 0.717) is 0 Å². The van der Waals surface area contributed by atoms with Crippen molar-refractivity contribution in [1.29, 1.82) is 0 Å². The van der Waals surface area contributed by atoms with Crippen LogP contribution in [-0.4, -0.2) is 50.3 Å². The van der Waals surface area contributed by atoms with Crippen LogP contribution in [0.4, 0.5) is 0 Å². The maximum Gasteiger partial charge on any atom is 0.291 e. The molecule has 5 N–H and O–H groups in total. The summed E-state index contributed by atoms with van der Waals surface area (Å²) in [4.78, 5) is 3.46. The van der Waals surface area contributed by atoms with E-state index in [1.165, 1.54) is 0 Å². The lowest BCUT2D eigenvalue weighted by molar-refractivity contribution is -0.774. The van der Waals surface area contributed by atoms with E-state index in [9.17, 15) is 20.4 Å². The van der Waals surface area contributed by atoms with Crippen LogP contribution in [0.3, 0.4) is 0 Å². The lowest BCUT2D eigenvalue weighted by Crippen LogP contribution is -3.00. The van der Waals surface area contributed by atoms with Crippen LogP contribution in [0.2, 0.25) is 0 Å². The minimum atomic E-state index is -1.26. The van der Waals surface area contributed by atoms with Gasteiger partial charge in [-0.25, -0.2) is 0 Å². The Morgan fingerprint density at radius 3 is 2.53 bits per heavy atom. The number of nitrogens with one attached hydrogen (secondary N) is 1. The summed E-state index contributed by atoms with van der Waals surface area (Å²) in [6.45, 7) is 4.03. The summed E-state index contributed by atoms with van der Waals surface area (Å²) in [6.07, 6.45) is -0.690. The molecule has 5 rings (SSSR count). The van der Waals surface area contributed by atoms with Crippen LogP contribution in [0.25, 0.3) is 32.6 Å². The van der Waals surface area contributed by atoms with E-state index in [4.69, 9.17) is 4.74 Å². The van der Waals surface area contributed by atoms with Crippen LogP contribution in [-0.2, 0) is 4.74 Å². The molecule has 30 heavy (non-hydrogen) atoms. The molecule has 0 radical (unpaired) electrons. The Balaban J connectivity index is 0.00000218. The Kier molecular flexibility index (Phi) is 5.24. The van der Waals surface area contributed by atoms with Crippen molar-refractivity contribution in [2.24, 2.45) is 0 Å². The highest BCUT2D eigenvalue weighted by Crippen LogP contribution is 2.37. The number of aliphatic hydroxyl groups excluding tert-OH is 3. The van der Waals surface area contributed by atoms with Gasteiger partial charge in [-0.3, -0.25) is 0 Å². The number of halogens is 1. The molecule has 4 aromatic rings. The first-order valence-electron chi connectivity index (χ1n) is 9.60. The van der Waals surface area contributed by atoms with Crippen molar-refractivity contribution in [3.63, 3.8) is 0 Å². The van der Waals surface area contributed by atoms with Gasteiger partial charge in [-0.05, 0) is 48.6 Å². The van der Waals surface area contributed by atoms with Crippen LogP contribution in [0.5, 0.6) is 5.75 Å². The highest BCUT2D eigenvalue weighted by molar-refractivity contribution is 6.16. The number of ether oxygens (including phenoxy) is 1. The van der Waals surface area contributed by atoms with Crippen LogP contribution >= 0.6 is 0 Å². The number of phenols is 1. The molecule has 2 aromatic heterocycles. The number of aromatic amines is 1. The molecule has 1 saturated heterocycles. The molecule has 4 atom stereocenters. The number of benzene rings is 2. The molecule has 0 spiro atoms. The maximum atomic E-state index is 10.4. The lowest BCUT2D eigenvalue weighted by atomic mass is 9.96. The van der Waals surface area contributed by atoms with Gasteiger partial charge in [0.15, 0.2) is 18.5 Å². The second kappa shape index (κ2) is 7.47. The minimum Gasteiger partial charge on any atom is -1.00 e. The first-order valence-corrected chi connectivity index (χ1v) is 9.60. The van der Waals surface area contributed by atoms with Gasteiger partial charge in [0.25, 0.3) is 6.23 Å². The molecule has 0 bridgehead atoms. The third-order valence-electron chi connectivity index (χ3n) is 6.09. The fourth-order valence-electron chi connectivity index (χ4n) is 4.47. The van der Waals surface area contributed by atoms with E-state index in [1.807, 2.05) is 31.5 Å². The zero-order valence-electron chi connectivity index (χ0n) is 16.5. The average molecular weight is 475 g/mol. The summed E-state index contributed by atoms with van der Waals surface area (Å²) in [7, 11) is 0. The van der Waals surface area contributed by atoms with Gasteiger partial charge in [0, 0.05) is 27.7 Å². The van der Waals surface area contributed by atoms with Crippen molar-refractivity contribution in [3.8, 4) is 5.75 Å². The van der Waals surface area contributed by atoms with E-state index in [0.717, 1.165) is 43.7 Å². The Hall–Kier alpha value is -2.23. The molecule has 7 nitrogen and oxygen atoms in total. The number of hydrogen-bond acceptors (Lipinski definition) is 5. The van der Waals surface area contributed by atoms with E-state index in [-0.39, 0.29) is 29.3 Å². The number of pyridine rings is 1. The van der Waals surface area contributed by atoms with Crippen molar-refractivity contribution < 1.29 is 46.7 Å². The second-order valence-electron chi connectivity index (χ2n) is 7.85.